The Morgan fingerprint density at radius 2 is 1.89 bits per heavy atom. The number of pyridine rings is 1. The number of nitrogens with zero attached hydrogens (tertiary/aromatic N) is 3. The highest BCUT2D eigenvalue weighted by molar-refractivity contribution is 7.98. The van der Waals surface area contributed by atoms with Gasteiger partial charge in [0, 0.05) is 35.2 Å². The number of thioether (sulfide) groups is 1. The molecule has 6 nitrogen and oxygen atoms in total. The maximum atomic E-state index is 12.0. The van der Waals surface area contributed by atoms with Crippen LogP contribution in [0.3, 0.4) is 0 Å². The fourth-order valence-electron chi connectivity index (χ4n) is 3.23. The molecule has 0 aliphatic heterocycles. The molecule has 3 heterocycles. The second kappa shape index (κ2) is 6.94. The van der Waals surface area contributed by atoms with E-state index in [1.807, 2.05) is 48.5 Å². The molecule has 5 rings (SSSR count). The zero-order chi connectivity index (χ0) is 18.9. The average Bonchev–Trinajstić information content (AvgIpc) is 3.21. The van der Waals surface area contributed by atoms with Crippen molar-refractivity contribution in [1.82, 2.24) is 20.2 Å². The summed E-state index contributed by atoms with van der Waals surface area (Å²) in [6.07, 6.45) is 3.43. The summed E-state index contributed by atoms with van der Waals surface area (Å²) in [6, 6.07) is 17.2. The normalized spacial score (nSPS) is 11.3. The lowest BCUT2D eigenvalue weighted by atomic mass is 10.0. The Morgan fingerprint density at radius 1 is 1.04 bits per heavy atom. The van der Waals surface area contributed by atoms with E-state index in [0.717, 1.165) is 27.3 Å². The summed E-state index contributed by atoms with van der Waals surface area (Å²) in [5, 5.41) is 11.0. The van der Waals surface area contributed by atoms with Gasteiger partial charge >= 0.3 is 5.63 Å². The van der Waals surface area contributed by atoms with Crippen LogP contribution >= 0.6 is 11.8 Å². The average molecular weight is 386 g/mol. The van der Waals surface area contributed by atoms with Crippen molar-refractivity contribution < 1.29 is 4.42 Å². The van der Waals surface area contributed by atoms with E-state index in [1.54, 1.807) is 18.5 Å². The molecule has 0 aliphatic carbocycles. The molecule has 28 heavy (non-hydrogen) atoms. The molecule has 0 amide bonds. The Labute approximate surface area is 163 Å². The lowest BCUT2D eigenvalue weighted by Gasteiger charge is -2.07. The Hall–Kier alpha value is -3.45. The molecule has 0 saturated heterocycles. The predicted octanol–water partition coefficient (Wildman–Crippen LogP) is 4.42. The summed E-state index contributed by atoms with van der Waals surface area (Å²) in [5.41, 5.74) is 2.06. The number of aromatic amines is 1. The minimum Gasteiger partial charge on any atom is -0.423 e. The van der Waals surface area contributed by atoms with Gasteiger partial charge in [0.15, 0.2) is 5.82 Å². The molecule has 3 aromatic heterocycles. The Kier molecular flexibility index (Phi) is 4.14. The van der Waals surface area contributed by atoms with Gasteiger partial charge in [0.2, 0.25) is 5.16 Å². The van der Waals surface area contributed by atoms with Crippen LogP contribution in [0.15, 0.2) is 81.4 Å². The third-order valence-corrected chi connectivity index (χ3v) is 5.39. The first-order valence-corrected chi connectivity index (χ1v) is 9.66. The third kappa shape index (κ3) is 3.05. The molecule has 0 spiro atoms. The van der Waals surface area contributed by atoms with E-state index in [0.29, 0.717) is 22.3 Å². The Balaban J connectivity index is 1.51. The van der Waals surface area contributed by atoms with E-state index in [1.165, 1.54) is 11.8 Å². The zero-order valence-electron chi connectivity index (χ0n) is 14.6. The first kappa shape index (κ1) is 16.7. The van der Waals surface area contributed by atoms with Gasteiger partial charge in [-0.05, 0) is 34.5 Å². The van der Waals surface area contributed by atoms with E-state index >= 15 is 0 Å². The third-order valence-electron chi connectivity index (χ3n) is 4.49. The van der Waals surface area contributed by atoms with E-state index in [4.69, 9.17) is 4.42 Å². The van der Waals surface area contributed by atoms with Crippen LogP contribution in [-0.2, 0) is 5.75 Å². The van der Waals surface area contributed by atoms with Crippen LogP contribution in [0.25, 0.3) is 33.1 Å². The van der Waals surface area contributed by atoms with E-state index in [2.05, 4.69) is 20.2 Å². The minimum atomic E-state index is -0.356. The summed E-state index contributed by atoms with van der Waals surface area (Å²) >= 11 is 1.47. The highest BCUT2D eigenvalue weighted by atomic mass is 32.2. The molecular formula is C21H14N4O2S. The number of rotatable bonds is 4. The van der Waals surface area contributed by atoms with Gasteiger partial charge in [-0.1, -0.05) is 42.1 Å². The summed E-state index contributed by atoms with van der Waals surface area (Å²) < 4.78 is 5.42. The van der Waals surface area contributed by atoms with Crippen molar-refractivity contribution in [2.45, 2.75) is 10.9 Å². The maximum absolute atomic E-state index is 12.0. The lowest BCUT2D eigenvalue weighted by Crippen LogP contribution is -2.00. The fourth-order valence-corrected chi connectivity index (χ4v) is 4.00. The Morgan fingerprint density at radius 3 is 2.79 bits per heavy atom. The fraction of sp³-hybridized carbons (Fsp3) is 0.0476. The SMILES string of the molecule is O=c1cc(CSc2n[nH]c(-c3ccncc3)n2)c2c(ccc3ccccc32)o1. The van der Waals surface area contributed by atoms with Gasteiger partial charge in [-0.15, -0.1) is 5.10 Å². The van der Waals surface area contributed by atoms with Crippen LogP contribution in [0.4, 0.5) is 0 Å². The summed E-state index contributed by atoms with van der Waals surface area (Å²) in [4.78, 5) is 20.6. The minimum absolute atomic E-state index is 0.356. The van der Waals surface area contributed by atoms with E-state index in [-0.39, 0.29) is 5.63 Å². The van der Waals surface area contributed by atoms with Crippen molar-refractivity contribution in [3.8, 4) is 11.4 Å². The van der Waals surface area contributed by atoms with Crippen LogP contribution < -0.4 is 5.63 Å². The molecule has 1 N–H and O–H groups in total. The maximum Gasteiger partial charge on any atom is 0.336 e. The second-order valence-electron chi connectivity index (χ2n) is 6.24. The highest BCUT2D eigenvalue weighted by Gasteiger charge is 2.12. The number of hydrogen-bond donors (Lipinski definition) is 1. The first-order valence-electron chi connectivity index (χ1n) is 8.68. The molecule has 7 heteroatoms. The van der Waals surface area contributed by atoms with Gasteiger partial charge in [-0.3, -0.25) is 10.1 Å². The molecule has 0 aliphatic rings. The van der Waals surface area contributed by atoms with Crippen molar-refractivity contribution in [2.75, 3.05) is 0 Å². The van der Waals surface area contributed by atoms with Crippen LogP contribution in [0.2, 0.25) is 0 Å². The van der Waals surface area contributed by atoms with Gasteiger partial charge in [0.1, 0.15) is 5.58 Å². The number of benzene rings is 2. The molecule has 2 aromatic carbocycles. The van der Waals surface area contributed by atoms with Gasteiger partial charge < -0.3 is 4.42 Å². The standard InChI is InChI=1S/C21H14N4O2S/c26-18-11-15(19-16-4-2-1-3-13(16)5-6-17(19)27-18)12-28-21-23-20(24-25-21)14-7-9-22-10-8-14/h1-11H,12H2,(H,23,24,25). The smallest absolute Gasteiger partial charge is 0.336 e. The van der Waals surface area contributed by atoms with Crippen LogP contribution in [0, 0.1) is 0 Å². The van der Waals surface area contributed by atoms with Gasteiger partial charge in [-0.2, -0.15) is 0 Å². The molecule has 0 fully saturated rings. The summed E-state index contributed by atoms with van der Waals surface area (Å²) in [6.45, 7) is 0. The number of fused-ring (bicyclic) bond motifs is 3. The van der Waals surface area contributed by atoms with Gasteiger partial charge in [0.05, 0.1) is 0 Å². The highest BCUT2D eigenvalue weighted by Crippen LogP contribution is 2.31. The molecular weight excluding hydrogens is 372 g/mol. The molecule has 136 valence electrons. The van der Waals surface area contributed by atoms with Crippen molar-refractivity contribution >= 4 is 33.5 Å². The van der Waals surface area contributed by atoms with Crippen molar-refractivity contribution in [1.29, 1.82) is 0 Å². The van der Waals surface area contributed by atoms with Crippen LogP contribution in [0.5, 0.6) is 0 Å². The van der Waals surface area contributed by atoms with E-state index in [9.17, 15) is 4.79 Å². The molecule has 0 radical (unpaired) electrons. The largest absolute Gasteiger partial charge is 0.423 e. The number of hydrogen-bond acceptors (Lipinski definition) is 6. The quantitative estimate of drug-likeness (QED) is 0.280. The van der Waals surface area contributed by atoms with E-state index < -0.39 is 0 Å². The zero-order valence-corrected chi connectivity index (χ0v) is 15.4. The summed E-state index contributed by atoms with van der Waals surface area (Å²) in [5.74, 6) is 1.25. The van der Waals surface area contributed by atoms with Crippen LogP contribution in [-0.4, -0.2) is 20.2 Å². The molecule has 0 unspecified atom stereocenters. The lowest BCUT2D eigenvalue weighted by molar-refractivity contribution is 0.560. The molecule has 0 atom stereocenters. The topological polar surface area (TPSA) is 84.7 Å². The van der Waals surface area contributed by atoms with Crippen molar-refractivity contribution in [3.63, 3.8) is 0 Å². The van der Waals surface area contributed by atoms with Crippen molar-refractivity contribution in [3.05, 3.63) is 83.0 Å². The monoisotopic (exact) mass is 386 g/mol. The second-order valence-corrected chi connectivity index (χ2v) is 7.18. The molecule has 0 saturated carbocycles. The van der Waals surface area contributed by atoms with Crippen molar-refractivity contribution in [2.24, 2.45) is 0 Å². The van der Waals surface area contributed by atoms with Gasteiger partial charge in [-0.25, -0.2) is 9.78 Å². The number of aromatic nitrogens is 4. The first-order chi connectivity index (χ1) is 13.8. The Bertz CT molecular complexity index is 1350. The number of H-pyrrole nitrogens is 1. The van der Waals surface area contributed by atoms with Gasteiger partial charge in [0.25, 0.3) is 0 Å². The molecule has 5 aromatic rings. The van der Waals surface area contributed by atoms with Crippen LogP contribution in [0.1, 0.15) is 5.56 Å². The number of nitrogens with one attached hydrogen (secondary N) is 1. The molecule has 0 bridgehead atoms. The predicted molar refractivity (Wildman–Crippen MR) is 109 cm³/mol. The summed E-state index contributed by atoms with van der Waals surface area (Å²) in [7, 11) is 0.